The Morgan fingerprint density at radius 2 is 2.00 bits per heavy atom. The topological polar surface area (TPSA) is 36.3 Å². The maximum Gasteiger partial charge on any atom is 0.118 e. The van der Waals surface area contributed by atoms with Gasteiger partial charge in [0.15, 0.2) is 0 Å². The molecule has 0 atom stereocenters. The first-order valence-corrected chi connectivity index (χ1v) is 7.09. The first kappa shape index (κ1) is 14.6. The van der Waals surface area contributed by atoms with Gasteiger partial charge in [-0.15, -0.1) is 6.58 Å². The number of allylic oxidation sites excluding steroid dienone is 1. The number of ether oxygens (including phenoxy) is 1. The molecule has 1 aliphatic heterocycles. The minimum atomic E-state index is -0.182. The molecule has 106 valence electrons. The van der Waals surface area contributed by atoms with E-state index in [0.717, 1.165) is 44.6 Å². The number of rotatable bonds is 5. The summed E-state index contributed by atoms with van der Waals surface area (Å²) in [6.07, 6.45) is 4.56. The zero-order valence-electron chi connectivity index (χ0n) is 12.1. The third-order valence-corrected chi connectivity index (χ3v) is 4.15. The molecule has 2 rings (SSSR count). The Balaban J connectivity index is 1.90. The predicted octanol–water partition coefficient (Wildman–Crippen LogP) is 3.38. The van der Waals surface area contributed by atoms with Crippen molar-refractivity contribution >= 4 is 0 Å². The van der Waals surface area contributed by atoms with Gasteiger partial charge in [-0.3, -0.25) is 4.90 Å². The molecular weight excluding hydrogens is 248 g/mol. The average molecular weight is 270 g/mol. The van der Waals surface area contributed by atoms with Crippen LogP contribution in [0.1, 0.15) is 24.8 Å². The predicted molar refractivity (Wildman–Crippen MR) is 80.4 cm³/mol. The van der Waals surface area contributed by atoms with E-state index in [9.17, 15) is 5.26 Å². The lowest BCUT2D eigenvalue weighted by molar-refractivity contribution is 0.140. The largest absolute Gasteiger partial charge is 0.497 e. The quantitative estimate of drug-likeness (QED) is 0.770. The number of hydrogen-bond donors (Lipinski definition) is 0. The number of piperidine rings is 1. The Labute approximate surface area is 121 Å². The van der Waals surface area contributed by atoms with Crippen LogP contribution in [0.3, 0.4) is 0 Å². The summed E-state index contributed by atoms with van der Waals surface area (Å²) < 4.78 is 5.17. The van der Waals surface area contributed by atoms with E-state index >= 15 is 0 Å². The number of methoxy groups -OCH3 is 1. The van der Waals surface area contributed by atoms with Crippen molar-refractivity contribution in [3.63, 3.8) is 0 Å². The van der Waals surface area contributed by atoms with Gasteiger partial charge >= 0.3 is 0 Å². The second kappa shape index (κ2) is 6.58. The van der Waals surface area contributed by atoms with Gasteiger partial charge in [0.25, 0.3) is 0 Å². The monoisotopic (exact) mass is 270 g/mol. The maximum atomic E-state index is 9.38. The Hall–Kier alpha value is -1.79. The second-order valence-corrected chi connectivity index (χ2v) is 5.51. The molecule has 0 aliphatic carbocycles. The van der Waals surface area contributed by atoms with Crippen LogP contribution in [0, 0.1) is 16.7 Å². The molecule has 1 saturated heterocycles. The van der Waals surface area contributed by atoms with Crippen molar-refractivity contribution in [2.75, 3.05) is 20.2 Å². The molecule has 1 fully saturated rings. The highest BCUT2D eigenvalue weighted by Gasteiger charge is 2.33. The van der Waals surface area contributed by atoms with Crippen LogP contribution in [0.15, 0.2) is 36.9 Å². The van der Waals surface area contributed by atoms with E-state index in [2.05, 4.69) is 29.7 Å². The molecule has 1 aromatic rings. The highest BCUT2D eigenvalue weighted by Crippen LogP contribution is 2.35. The fraction of sp³-hybridized carbons (Fsp3) is 0.471. The summed E-state index contributed by atoms with van der Waals surface area (Å²) in [6.45, 7) is 6.68. The molecule has 20 heavy (non-hydrogen) atoms. The van der Waals surface area contributed by atoms with Crippen molar-refractivity contribution in [2.24, 2.45) is 5.41 Å². The van der Waals surface area contributed by atoms with Gasteiger partial charge in [0.05, 0.1) is 18.6 Å². The standard InChI is InChI=1S/C17H22N2O/c1-3-8-17(14-18)9-11-19(12-10-17)13-15-4-6-16(20-2)7-5-15/h3-7H,1,8-13H2,2H3. The smallest absolute Gasteiger partial charge is 0.118 e. The summed E-state index contributed by atoms with van der Waals surface area (Å²) in [6, 6.07) is 10.7. The van der Waals surface area contributed by atoms with Crippen molar-refractivity contribution in [2.45, 2.75) is 25.8 Å². The van der Waals surface area contributed by atoms with E-state index < -0.39 is 0 Å². The van der Waals surface area contributed by atoms with Gasteiger partial charge in [0.2, 0.25) is 0 Å². The molecule has 1 heterocycles. The highest BCUT2D eigenvalue weighted by molar-refractivity contribution is 5.27. The fourth-order valence-corrected chi connectivity index (χ4v) is 2.77. The van der Waals surface area contributed by atoms with Gasteiger partial charge in [-0.1, -0.05) is 18.2 Å². The van der Waals surface area contributed by atoms with Gasteiger partial charge in [-0.2, -0.15) is 5.26 Å². The van der Waals surface area contributed by atoms with Gasteiger partial charge < -0.3 is 4.74 Å². The first-order chi connectivity index (χ1) is 9.71. The summed E-state index contributed by atoms with van der Waals surface area (Å²) in [5.41, 5.74) is 1.11. The molecule has 3 nitrogen and oxygen atoms in total. The number of likely N-dealkylation sites (tertiary alicyclic amines) is 1. The Kier molecular flexibility index (Phi) is 4.81. The zero-order valence-corrected chi connectivity index (χ0v) is 12.1. The molecule has 0 spiro atoms. The van der Waals surface area contributed by atoms with Crippen LogP contribution in [0.5, 0.6) is 5.75 Å². The van der Waals surface area contributed by atoms with Crippen LogP contribution in [0.4, 0.5) is 0 Å². The van der Waals surface area contributed by atoms with Crippen molar-refractivity contribution in [3.05, 3.63) is 42.5 Å². The van der Waals surface area contributed by atoms with Crippen LogP contribution < -0.4 is 4.74 Å². The third-order valence-electron chi connectivity index (χ3n) is 4.15. The van der Waals surface area contributed by atoms with Gasteiger partial charge in [0.1, 0.15) is 5.75 Å². The SMILES string of the molecule is C=CCC1(C#N)CCN(Cc2ccc(OC)cc2)CC1. The zero-order chi connectivity index (χ0) is 14.4. The van der Waals surface area contributed by atoms with E-state index in [4.69, 9.17) is 4.74 Å². The second-order valence-electron chi connectivity index (χ2n) is 5.51. The minimum absolute atomic E-state index is 0.182. The number of hydrogen-bond acceptors (Lipinski definition) is 3. The van der Waals surface area contributed by atoms with Gasteiger partial charge in [-0.25, -0.2) is 0 Å². The van der Waals surface area contributed by atoms with Crippen molar-refractivity contribution in [1.29, 1.82) is 5.26 Å². The fourth-order valence-electron chi connectivity index (χ4n) is 2.77. The van der Waals surface area contributed by atoms with E-state index in [1.807, 2.05) is 18.2 Å². The summed E-state index contributed by atoms with van der Waals surface area (Å²) >= 11 is 0. The Bertz CT molecular complexity index is 479. The maximum absolute atomic E-state index is 9.38. The highest BCUT2D eigenvalue weighted by atomic mass is 16.5. The average Bonchev–Trinajstić information content (AvgIpc) is 2.50. The third kappa shape index (κ3) is 3.40. The summed E-state index contributed by atoms with van der Waals surface area (Å²) in [5, 5.41) is 9.38. The van der Waals surface area contributed by atoms with E-state index in [1.165, 1.54) is 5.56 Å². The molecule has 1 aromatic carbocycles. The summed E-state index contributed by atoms with van der Waals surface area (Å²) in [5.74, 6) is 0.891. The lowest BCUT2D eigenvalue weighted by atomic mass is 9.77. The lowest BCUT2D eigenvalue weighted by Crippen LogP contribution is -2.38. The summed E-state index contributed by atoms with van der Waals surface area (Å²) in [7, 11) is 1.68. The van der Waals surface area contributed by atoms with E-state index in [-0.39, 0.29) is 5.41 Å². The van der Waals surface area contributed by atoms with Crippen LogP contribution in [0.25, 0.3) is 0 Å². The molecule has 0 saturated carbocycles. The van der Waals surface area contributed by atoms with E-state index in [0.29, 0.717) is 0 Å². The van der Waals surface area contributed by atoms with Crippen molar-refractivity contribution in [1.82, 2.24) is 4.90 Å². The molecule has 0 unspecified atom stereocenters. The molecular formula is C17H22N2O. The molecule has 0 amide bonds. The molecule has 1 aliphatic rings. The molecule has 3 heteroatoms. The number of nitriles is 1. The number of benzene rings is 1. The first-order valence-electron chi connectivity index (χ1n) is 7.09. The molecule has 0 N–H and O–H groups in total. The lowest BCUT2D eigenvalue weighted by Gasteiger charge is -2.36. The number of nitrogens with zero attached hydrogens (tertiary/aromatic N) is 2. The molecule has 0 aromatic heterocycles. The molecule has 0 radical (unpaired) electrons. The van der Waals surface area contributed by atoms with Crippen molar-refractivity contribution in [3.8, 4) is 11.8 Å². The van der Waals surface area contributed by atoms with Gasteiger partial charge in [-0.05, 0) is 37.0 Å². The Morgan fingerprint density at radius 1 is 1.35 bits per heavy atom. The normalized spacial score (nSPS) is 18.2. The Morgan fingerprint density at radius 3 is 2.50 bits per heavy atom. The van der Waals surface area contributed by atoms with Crippen LogP contribution in [-0.2, 0) is 6.54 Å². The van der Waals surface area contributed by atoms with Crippen LogP contribution in [0.2, 0.25) is 0 Å². The van der Waals surface area contributed by atoms with Gasteiger partial charge in [0, 0.05) is 19.6 Å². The minimum Gasteiger partial charge on any atom is -0.497 e. The van der Waals surface area contributed by atoms with Crippen molar-refractivity contribution < 1.29 is 4.74 Å². The molecule has 0 bridgehead atoms. The summed E-state index contributed by atoms with van der Waals surface area (Å²) in [4.78, 5) is 2.42. The van der Waals surface area contributed by atoms with E-state index in [1.54, 1.807) is 7.11 Å². The van der Waals surface area contributed by atoms with Crippen LogP contribution >= 0.6 is 0 Å². The van der Waals surface area contributed by atoms with Crippen LogP contribution in [-0.4, -0.2) is 25.1 Å².